The van der Waals surface area contributed by atoms with Crippen molar-refractivity contribution in [1.82, 2.24) is 5.43 Å². The normalized spacial score (nSPS) is 11.2. The number of nitrogens with zero attached hydrogens (tertiary/aromatic N) is 1. The van der Waals surface area contributed by atoms with E-state index in [0.717, 1.165) is 41.6 Å². The molecule has 37 heavy (non-hydrogen) atoms. The Morgan fingerprint density at radius 1 is 0.784 bits per heavy atom. The molecule has 1 amide bonds. The van der Waals surface area contributed by atoms with E-state index in [2.05, 4.69) is 42.4 Å². The number of hydrazone groups is 1. The molecule has 0 heterocycles. The van der Waals surface area contributed by atoms with Crippen LogP contribution < -0.4 is 14.9 Å². The second kappa shape index (κ2) is 11.6. The lowest BCUT2D eigenvalue weighted by molar-refractivity contribution is -0.123. The number of nitrogens with one attached hydrogen (secondary N) is 1. The van der Waals surface area contributed by atoms with E-state index in [9.17, 15) is 4.79 Å². The van der Waals surface area contributed by atoms with E-state index in [0.29, 0.717) is 18.1 Å². The van der Waals surface area contributed by atoms with Gasteiger partial charge in [0.05, 0.1) is 10.7 Å². The molecule has 5 rings (SSSR count). The zero-order chi connectivity index (χ0) is 25.6. The maximum Gasteiger partial charge on any atom is 0.277 e. The Bertz CT molecular complexity index is 1620. The molecule has 0 atom stereocenters. The van der Waals surface area contributed by atoms with Crippen molar-refractivity contribution >= 4 is 65.5 Å². The van der Waals surface area contributed by atoms with Crippen LogP contribution in [0.25, 0.3) is 21.5 Å². The zero-order valence-corrected chi connectivity index (χ0v) is 22.8. The van der Waals surface area contributed by atoms with Crippen LogP contribution >= 0.6 is 31.9 Å². The van der Waals surface area contributed by atoms with Gasteiger partial charge in [-0.3, -0.25) is 4.79 Å². The summed E-state index contributed by atoms with van der Waals surface area (Å²) in [5, 5.41) is 8.33. The van der Waals surface area contributed by atoms with Gasteiger partial charge in [-0.1, -0.05) is 88.7 Å². The highest BCUT2D eigenvalue weighted by atomic mass is 79.9. The fraction of sp³-hybridized carbons (Fsp3) is 0.0667. The average Bonchev–Trinajstić information content (AvgIpc) is 2.92. The van der Waals surface area contributed by atoms with Gasteiger partial charge in [0.25, 0.3) is 5.91 Å². The molecule has 5 aromatic carbocycles. The molecule has 0 saturated carbocycles. The van der Waals surface area contributed by atoms with E-state index < -0.39 is 0 Å². The quantitative estimate of drug-likeness (QED) is 0.144. The van der Waals surface area contributed by atoms with E-state index in [1.807, 2.05) is 97.1 Å². The third kappa shape index (κ3) is 6.01. The molecule has 7 heteroatoms. The van der Waals surface area contributed by atoms with Crippen molar-refractivity contribution in [3.8, 4) is 11.5 Å². The summed E-state index contributed by atoms with van der Waals surface area (Å²) >= 11 is 7.07. The van der Waals surface area contributed by atoms with Crippen LogP contribution in [0.4, 0.5) is 0 Å². The molecule has 0 saturated heterocycles. The van der Waals surface area contributed by atoms with E-state index in [1.54, 1.807) is 6.21 Å². The SMILES string of the molecule is O=C(COc1ccc2ccccc2c1Br)N/N=C/c1c(OCc2cccc(Br)c2)ccc2ccccc12. The van der Waals surface area contributed by atoms with Crippen molar-refractivity contribution in [2.45, 2.75) is 6.61 Å². The molecule has 0 aliphatic heterocycles. The fourth-order valence-electron chi connectivity index (χ4n) is 3.99. The number of ether oxygens (including phenoxy) is 2. The lowest BCUT2D eigenvalue weighted by Crippen LogP contribution is -2.24. The summed E-state index contributed by atoms with van der Waals surface area (Å²) in [4.78, 5) is 12.5. The van der Waals surface area contributed by atoms with Crippen molar-refractivity contribution in [3.05, 3.63) is 117 Å². The summed E-state index contributed by atoms with van der Waals surface area (Å²) in [5.74, 6) is 0.899. The van der Waals surface area contributed by atoms with Crippen LogP contribution in [0.15, 0.2) is 111 Å². The van der Waals surface area contributed by atoms with Crippen LogP contribution in [0.3, 0.4) is 0 Å². The first-order valence-electron chi connectivity index (χ1n) is 11.6. The third-order valence-corrected chi connectivity index (χ3v) is 7.09. The number of halogens is 2. The molecule has 184 valence electrons. The summed E-state index contributed by atoms with van der Waals surface area (Å²) < 4.78 is 13.7. The van der Waals surface area contributed by atoms with Gasteiger partial charge in [0, 0.05) is 10.0 Å². The standard InChI is InChI=1S/C30H22Br2N2O3/c31-23-9-5-6-20(16-23)18-36-27-14-12-21-7-1-3-10-24(21)26(27)17-33-34-29(35)19-37-28-15-13-22-8-2-4-11-25(22)30(28)32/h1-17H,18-19H2,(H,34,35)/b33-17+. The molecule has 0 bridgehead atoms. The molecule has 0 spiro atoms. The zero-order valence-electron chi connectivity index (χ0n) is 19.7. The van der Waals surface area contributed by atoms with Crippen molar-refractivity contribution in [1.29, 1.82) is 0 Å². The van der Waals surface area contributed by atoms with Gasteiger partial charge < -0.3 is 9.47 Å². The number of carbonyl (C=O) groups excluding carboxylic acids is 1. The first-order valence-corrected chi connectivity index (χ1v) is 13.2. The highest BCUT2D eigenvalue weighted by Gasteiger charge is 2.10. The Hall–Kier alpha value is -3.68. The Balaban J connectivity index is 1.28. The Kier molecular flexibility index (Phi) is 7.82. The Morgan fingerprint density at radius 2 is 1.49 bits per heavy atom. The second-order valence-electron chi connectivity index (χ2n) is 8.30. The van der Waals surface area contributed by atoms with Crippen LogP contribution in [0.5, 0.6) is 11.5 Å². The highest BCUT2D eigenvalue weighted by molar-refractivity contribution is 9.11. The van der Waals surface area contributed by atoms with Gasteiger partial charge in [0.2, 0.25) is 0 Å². The number of hydrogen-bond donors (Lipinski definition) is 1. The molecule has 0 radical (unpaired) electrons. The van der Waals surface area contributed by atoms with Crippen molar-refractivity contribution in [2.75, 3.05) is 6.61 Å². The fourth-order valence-corrected chi connectivity index (χ4v) is 5.05. The van der Waals surface area contributed by atoms with Gasteiger partial charge in [0.15, 0.2) is 6.61 Å². The highest BCUT2D eigenvalue weighted by Crippen LogP contribution is 2.33. The van der Waals surface area contributed by atoms with Crippen LogP contribution in [0.2, 0.25) is 0 Å². The molecule has 0 fully saturated rings. The van der Waals surface area contributed by atoms with Crippen molar-refractivity contribution < 1.29 is 14.3 Å². The smallest absolute Gasteiger partial charge is 0.277 e. The maximum absolute atomic E-state index is 12.5. The first kappa shape index (κ1) is 25.0. The summed E-state index contributed by atoms with van der Waals surface area (Å²) in [6, 6.07) is 31.6. The number of benzene rings is 5. The number of amides is 1. The largest absolute Gasteiger partial charge is 0.488 e. The molecular weight excluding hydrogens is 596 g/mol. The Morgan fingerprint density at radius 3 is 2.27 bits per heavy atom. The van der Waals surface area contributed by atoms with E-state index in [1.165, 1.54) is 0 Å². The van der Waals surface area contributed by atoms with E-state index >= 15 is 0 Å². The molecular formula is C30H22Br2N2O3. The molecule has 1 N–H and O–H groups in total. The molecule has 0 aliphatic carbocycles. The number of rotatable bonds is 8. The lowest BCUT2D eigenvalue weighted by atomic mass is 10.0. The minimum atomic E-state index is -0.367. The predicted molar refractivity (Wildman–Crippen MR) is 155 cm³/mol. The summed E-state index contributed by atoms with van der Waals surface area (Å²) in [7, 11) is 0. The summed E-state index contributed by atoms with van der Waals surface area (Å²) in [6.07, 6.45) is 1.61. The molecule has 5 nitrogen and oxygen atoms in total. The number of fused-ring (bicyclic) bond motifs is 2. The maximum atomic E-state index is 12.5. The minimum Gasteiger partial charge on any atom is -0.488 e. The van der Waals surface area contributed by atoms with E-state index in [-0.39, 0.29) is 12.5 Å². The topological polar surface area (TPSA) is 59.9 Å². The first-order chi connectivity index (χ1) is 18.1. The van der Waals surface area contributed by atoms with Gasteiger partial charge in [-0.25, -0.2) is 5.43 Å². The van der Waals surface area contributed by atoms with Crippen molar-refractivity contribution in [2.24, 2.45) is 5.10 Å². The third-order valence-electron chi connectivity index (χ3n) is 5.78. The van der Waals surface area contributed by atoms with E-state index in [4.69, 9.17) is 9.47 Å². The van der Waals surface area contributed by atoms with Gasteiger partial charge in [-0.15, -0.1) is 0 Å². The molecule has 5 aromatic rings. The van der Waals surface area contributed by atoms with Crippen LogP contribution in [0, 0.1) is 0 Å². The lowest BCUT2D eigenvalue weighted by Gasteiger charge is -2.12. The van der Waals surface area contributed by atoms with Crippen LogP contribution in [0.1, 0.15) is 11.1 Å². The molecule has 0 unspecified atom stereocenters. The summed E-state index contributed by atoms with van der Waals surface area (Å²) in [6.45, 7) is 0.232. The minimum absolute atomic E-state index is 0.171. The van der Waals surface area contributed by atoms with Crippen molar-refractivity contribution in [3.63, 3.8) is 0 Å². The van der Waals surface area contributed by atoms with Gasteiger partial charge in [-0.05, 0) is 67.3 Å². The molecule has 0 aliphatic rings. The average molecular weight is 618 g/mol. The van der Waals surface area contributed by atoms with Crippen LogP contribution in [-0.4, -0.2) is 18.7 Å². The number of carbonyl (C=O) groups is 1. The van der Waals surface area contributed by atoms with Gasteiger partial charge in [0.1, 0.15) is 18.1 Å². The van der Waals surface area contributed by atoms with Gasteiger partial charge >= 0.3 is 0 Å². The monoisotopic (exact) mass is 616 g/mol. The number of hydrogen-bond acceptors (Lipinski definition) is 4. The molecule has 0 aromatic heterocycles. The van der Waals surface area contributed by atoms with Crippen LogP contribution in [-0.2, 0) is 11.4 Å². The predicted octanol–water partition coefficient (Wildman–Crippen LogP) is 7.63. The second-order valence-corrected chi connectivity index (χ2v) is 10.0. The summed E-state index contributed by atoms with van der Waals surface area (Å²) in [5.41, 5.74) is 4.38. The van der Waals surface area contributed by atoms with Gasteiger partial charge in [-0.2, -0.15) is 5.10 Å². The Labute approximate surface area is 231 Å².